The zero-order valence-corrected chi connectivity index (χ0v) is 10.00. The first-order valence-electron chi connectivity index (χ1n) is 5.44. The molecule has 0 spiro atoms. The maximum absolute atomic E-state index is 4.66. The fraction of sp³-hybridized carbons (Fsp3) is 0.455. The number of rotatable bonds is 1. The zero-order valence-electron chi connectivity index (χ0n) is 9.18. The third kappa shape index (κ3) is 1.60. The molecular formula is C11H14N4S. The molecule has 1 unspecified atom stereocenters. The molecule has 84 valence electrons. The third-order valence-corrected chi connectivity index (χ3v) is 4.01. The first-order chi connectivity index (χ1) is 7.86. The van der Waals surface area contributed by atoms with Gasteiger partial charge in [-0.2, -0.15) is 11.8 Å². The van der Waals surface area contributed by atoms with Crippen molar-refractivity contribution in [3.63, 3.8) is 0 Å². The van der Waals surface area contributed by atoms with E-state index in [2.05, 4.69) is 26.9 Å². The number of nitrogens with zero attached hydrogens (tertiary/aromatic N) is 3. The normalized spacial score (nSPS) is 21.4. The summed E-state index contributed by atoms with van der Waals surface area (Å²) in [4.78, 5) is 8.77. The van der Waals surface area contributed by atoms with E-state index in [-0.39, 0.29) is 0 Å². The van der Waals surface area contributed by atoms with E-state index in [4.69, 9.17) is 0 Å². The molecule has 2 aromatic rings. The molecule has 1 aliphatic heterocycles. The minimum atomic E-state index is 0.371. The lowest BCUT2D eigenvalue weighted by molar-refractivity contribution is 0.549. The number of thioether (sulfide) groups is 1. The number of hydrogen-bond acceptors (Lipinski definition) is 4. The molecule has 1 saturated heterocycles. The SMILES string of the molecule is Cn1c(C2CSCCN2)nc2cnccc21. The summed E-state index contributed by atoms with van der Waals surface area (Å²) in [7, 11) is 2.08. The van der Waals surface area contributed by atoms with Gasteiger partial charge in [0.1, 0.15) is 11.3 Å². The summed E-state index contributed by atoms with van der Waals surface area (Å²) < 4.78 is 2.17. The molecule has 0 bridgehead atoms. The van der Waals surface area contributed by atoms with Crippen molar-refractivity contribution in [1.82, 2.24) is 19.9 Å². The minimum absolute atomic E-state index is 0.371. The standard InChI is InChI=1S/C11H14N4S/c1-15-10-2-3-12-6-8(10)14-11(15)9-7-16-5-4-13-9/h2-3,6,9,13H,4-5,7H2,1H3. The highest BCUT2D eigenvalue weighted by molar-refractivity contribution is 7.99. The van der Waals surface area contributed by atoms with Crippen molar-refractivity contribution < 1.29 is 0 Å². The number of aryl methyl sites for hydroxylation is 1. The molecule has 4 nitrogen and oxygen atoms in total. The van der Waals surface area contributed by atoms with Gasteiger partial charge in [0.15, 0.2) is 0 Å². The monoisotopic (exact) mass is 234 g/mol. The zero-order chi connectivity index (χ0) is 11.0. The summed E-state index contributed by atoms with van der Waals surface area (Å²) in [6.45, 7) is 1.07. The molecular weight excluding hydrogens is 220 g/mol. The van der Waals surface area contributed by atoms with Crippen LogP contribution in [0.15, 0.2) is 18.5 Å². The Hall–Kier alpha value is -1.07. The summed E-state index contributed by atoms with van der Waals surface area (Å²) in [6.07, 6.45) is 3.64. The summed E-state index contributed by atoms with van der Waals surface area (Å²) in [5, 5.41) is 3.51. The van der Waals surface area contributed by atoms with Gasteiger partial charge < -0.3 is 9.88 Å². The second-order valence-corrected chi connectivity index (χ2v) is 5.12. The van der Waals surface area contributed by atoms with Crippen molar-refractivity contribution in [2.75, 3.05) is 18.1 Å². The van der Waals surface area contributed by atoms with Crippen LogP contribution < -0.4 is 5.32 Å². The summed E-state index contributed by atoms with van der Waals surface area (Å²) in [5.74, 6) is 3.42. The van der Waals surface area contributed by atoms with E-state index < -0.39 is 0 Å². The minimum Gasteiger partial charge on any atom is -0.330 e. The van der Waals surface area contributed by atoms with Gasteiger partial charge in [0.2, 0.25) is 0 Å². The van der Waals surface area contributed by atoms with E-state index in [1.807, 2.05) is 30.2 Å². The van der Waals surface area contributed by atoms with Crippen molar-refractivity contribution in [2.24, 2.45) is 7.05 Å². The maximum Gasteiger partial charge on any atom is 0.127 e. The van der Waals surface area contributed by atoms with Gasteiger partial charge >= 0.3 is 0 Å². The van der Waals surface area contributed by atoms with Gasteiger partial charge in [0, 0.05) is 31.3 Å². The molecule has 1 fully saturated rings. The largest absolute Gasteiger partial charge is 0.330 e. The van der Waals surface area contributed by atoms with Crippen LogP contribution in [0.2, 0.25) is 0 Å². The number of fused-ring (bicyclic) bond motifs is 1. The van der Waals surface area contributed by atoms with Crippen LogP contribution in [0.5, 0.6) is 0 Å². The van der Waals surface area contributed by atoms with Crippen LogP contribution in [-0.4, -0.2) is 32.6 Å². The Bertz CT molecular complexity index is 502. The Morgan fingerprint density at radius 1 is 1.56 bits per heavy atom. The van der Waals surface area contributed by atoms with Crippen molar-refractivity contribution in [1.29, 1.82) is 0 Å². The highest BCUT2D eigenvalue weighted by Crippen LogP contribution is 2.23. The molecule has 2 aromatic heterocycles. The maximum atomic E-state index is 4.66. The molecule has 3 rings (SSSR count). The predicted octanol–water partition coefficient (Wildman–Crippen LogP) is 1.35. The highest BCUT2D eigenvalue weighted by atomic mass is 32.2. The fourth-order valence-corrected chi connectivity index (χ4v) is 3.04. The summed E-state index contributed by atoms with van der Waals surface area (Å²) >= 11 is 1.99. The number of nitrogens with one attached hydrogen (secondary N) is 1. The van der Waals surface area contributed by atoms with Gasteiger partial charge in [-0.3, -0.25) is 4.98 Å². The van der Waals surface area contributed by atoms with Crippen LogP contribution >= 0.6 is 11.8 Å². The van der Waals surface area contributed by atoms with Crippen LogP contribution in [0.4, 0.5) is 0 Å². The first kappa shape index (κ1) is 10.1. The Kier molecular flexibility index (Phi) is 2.57. The Balaban J connectivity index is 2.05. The van der Waals surface area contributed by atoms with E-state index in [9.17, 15) is 0 Å². The molecule has 16 heavy (non-hydrogen) atoms. The Labute approximate surface area is 98.5 Å². The van der Waals surface area contributed by atoms with Crippen LogP contribution in [0.1, 0.15) is 11.9 Å². The van der Waals surface area contributed by atoms with Gasteiger partial charge in [-0.05, 0) is 6.07 Å². The van der Waals surface area contributed by atoms with E-state index in [1.54, 1.807) is 0 Å². The second kappa shape index (κ2) is 4.07. The summed E-state index contributed by atoms with van der Waals surface area (Å²) in [6, 6.07) is 2.39. The quantitative estimate of drug-likeness (QED) is 0.808. The molecule has 1 atom stereocenters. The van der Waals surface area contributed by atoms with Gasteiger partial charge in [0.05, 0.1) is 17.8 Å². The Morgan fingerprint density at radius 3 is 3.25 bits per heavy atom. The van der Waals surface area contributed by atoms with Gasteiger partial charge in [-0.1, -0.05) is 0 Å². The number of imidazole rings is 1. The van der Waals surface area contributed by atoms with E-state index >= 15 is 0 Å². The number of hydrogen-bond donors (Lipinski definition) is 1. The lowest BCUT2D eigenvalue weighted by Gasteiger charge is -2.22. The molecule has 1 aliphatic rings. The molecule has 0 saturated carbocycles. The fourth-order valence-electron chi connectivity index (χ4n) is 2.11. The molecule has 1 N–H and O–H groups in total. The second-order valence-electron chi connectivity index (χ2n) is 3.98. The van der Waals surface area contributed by atoms with E-state index in [0.29, 0.717) is 6.04 Å². The van der Waals surface area contributed by atoms with Crippen LogP contribution in [-0.2, 0) is 7.05 Å². The lowest BCUT2D eigenvalue weighted by atomic mass is 10.3. The summed E-state index contributed by atoms with van der Waals surface area (Å²) in [5.41, 5.74) is 2.14. The van der Waals surface area contributed by atoms with Crippen molar-refractivity contribution in [3.8, 4) is 0 Å². The van der Waals surface area contributed by atoms with Crippen molar-refractivity contribution >= 4 is 22.8 Å². The average molecular weight is 234 g/mol. The molecule has 0 aromatic carbocycles. The average Bonchev–Trinajstić information content (AvgIpc) is 2.69. The lowest BCUT2D eigenvalue weighted by Crippen LogP contribution is -2.32. The van der Waals surface area contributed by atoms with Crippen molar-refractivity contribution in [2.45, 2.75) is 6.04 Å². The number of pyridine rings is 1. The molecule has 3 heterocycles. The van der Waals surface area contributed by atoms with Crippen molar-refractivity contribution in [3.05, 3.63) is 24.3 Å². The van der Waals surface area contributed by atoms with E-state index in [0.717, 1.165) is 29.2 Å². The van der Waals surface area contributed by atoms with Gasteiger partial charge in [-0.15, -0.1) is 0 Å². The first-order valence-corrected chi connectivity index (χ1v) is 6.59. The van der Waals surface area contributed by atoms with Crippen LogP contribution in [0.3, 0.4) is 0 Å². The number of aromatic nitrogens is 3. The predicted molar refractivity (Wildman–Crippen MR) is 66.6 cm³/mol. The molecule has 0 amide bonds. The molecule has 5 heteroatoms. The highest BCUT2D eigenvalue weighted by Gasteiger charge is 2.20. The Morgan fingerprint density at radius 2 is 2.50 bits per heavy atom. The topological polar surface area (TPSA) is 42.7 Å². The third-order valence-electron chi connectivity index (χ3n) is 2.95. The van der Waals surface area contributed by atoms with Gasteiger partial charge in [-0.25, -0.2) is 4.98 Å². The smallest absolute Gasteiger partial charge is 0.127 e. The van der Waals surface area contributed by atoms with E-state index in [1.165, 1.54) is 5.75 Å². The molecule has 0 radical (unpaired) electrons. The molecule has 0 aliphatic carbocycles. The van der Waals surface area contributed by atoms with Gasteiger partial charge in [0.25, 0.3) is 0 Å². The van der Waals surface area contributed by atoms with Crippen LogP contribution in [0.25, 0.3) is 11.0 Å². The van der Waals surface area contributed by atoms with Crippen LogP contribution in [0, 0.1) is 0 Å².